The van der Waals surface area contributed by atoms with E-state index >= 15 is 0 Å². The number of nitrogens with one attached hydrogen (secondary N) is 1. The highest BCUT2D eigenvalue weighted by atomic mass is 19.1. The van der Waals surface area contributed by atoms with Gasteiger partial charge in [-0.2, -0.15) is 0 Å². The standard InChI is InChI=1S/C31H37FN6O4/c1-18(34-31(40)41-3)17-42-27-6-4-5-21-12-26(38(28(21)27)15-19-7-8-19)29-35-24-13-23-20(11-25(24)36(29)2)9-10-37(30(23)39)16-22(33)14-32/h4-6,11-13,18-19,22H,7-10,14-17,33H2,1-3H3,(H,34,40)/t18-,22-/m1/s1. The first-order valence-corrected chi connectivity index (χ1v) is 14.5. The summed E-state index contributed by atoms with van der Waals surface area (Å²) in [5.41, 5.74) is 11.0. The highest BCUT2D eigenvalue weighted by Gasteiger charge is 2.29. The molecule has 0 saturated heterocycles. The second-order valence-electron chi connectivity index (χ2n) is 11.5. The Morgan fingerprint density at radius 3 is 2.81 bits per heavy atom. The molecule has 0 radical (unpaired) electrons. The van der Waals surface area contributed by atoms with Crippen LogP contribution in [0.15, 0.2) is 36.4 Å². The number of rotatable bonds is 10. The number of fused-ring (bicyclic) bond motifs is 3. The molecule has 3 heterocycles. The van der Waals surface area contributed by atoms with Crippen LogP contribution in [0, 0.1) is 5.92 Å². The van der Waals surface area contributed by atoms with Crippen LogP contribution in [0.1, 0.15) is 35.7 Å². The van der Waals surface area contributed by atoms with E-state index in [-0.39, 0.29) is 25.1 Å². The lowest BCUT2D eigenvalue weighted by Crippen LogP contribution is -2.45. The first-order chi connectivity index (χ1) is 20.3. The summed E-state index contributed by atoms with van der Waals surface area (Å²) < 4.78 is 28.4. The van der Waals surface area contributed by atoms with Gasteiger partial charge in [0.15, 0.2) is 5.82 Å². The Kier molecular flexibility index (Phi) is 7.53. The molecule has 0 bridgehead atoms. The van der Waals surface area contributed by atoms with Gasteiger partial charge in [-0.1, -0.05) is 12.1 Å². The lowest BCUT2D eigenvalue weighted by molar-refractivity contribution is 0.0725. The normalized spacial score (nSPS) is 16.5. The molecule has 2 aromatic heterocycles. The van der Waals surface area contributed by atoms with Gasteiger partial charge in [-0.25, -0.2) is 14.2 Å². The molecular formula is C31H37FN6O4. The lowest BCUT2D eigenvalue weighted by atomic mass is 9.97. The van der Waals surface area contributed by atoms with Gasteiger partial charge in [-0.15, -0.1) is 0 Å². The number of hydrogen-bond acceptors (Lipinski definition) is 6. The fourth-order valence-corrected chi connectivity index (χ4v) is 5.81. The number of alkyl carbamates (subject to hydrolysis) is 1. The van der Waals surface area contributed by atoms with E-state index in [4.69, 9.17) is 20.2 Å². The van der Waals surface area contributed by atoms with E-state index in [0.717, 1.165) is 51.3 Å². The van der Waals surface area contributed by atoms with Crippen molar-refractivity contribution in [3.8, 4) is 17.3 Å². The number of benzene rings is 2. The van der Waals surface area contributed by atoms with Crippen molar-refractivity contribution in [1.82, 2.24) is 24.3 Å². The zero-order valence-corrected chi connectivity index (χ0v) is 24.2. The summed E-state index contributed by atoms with van der Waals surface area (Å²) in [5, 5.41) is 3.78. The maximum Gasteiger partial charge on any atom is 0.407 e. The SMILES string of the molecule is COC(=O)N[C@H](C)COc1cccc2cc(-c3nc4cc5c(cc4n3C)CCN(C[C@H](N)CF)C5=O)n(CC3CC3)c12. The number of carbonyl (C=O) groups excluding carboxylic acids is 2. The topological polar surface area (TPSA) is 117 Å². The van der Waals surface area contributed by atoms with Crippen LogP contribution >= 0.6 is 0 Å². The molecule has 6 rings (SSSR count). The van der Waals surface area contributed by atoms with Crippen LogP contribution in [0.25, 0.3) is 33.5 Å². The van der Waals surface area contributed by atoms with Crippen LogP contribution in [0.4, 0.5) is 9.18 Å². The molecule has 11 heteroatoms. The summed E-state index contributed by atoms with van der Waals surface area (Å²) in [6.45, 7) is 3.05. The Hall–Kier alpha value is -4.12. The number of nitrogens with zero attached hydrogens (tertiary/aromatic N) is 4. The fraction of sp³-hybridized carbons (Fsp3) is 0.452. The van der Waals surface area contributed by atoms with E-state index in [1.165, 1.54) is 20.0 Å². The Morgan fingerprint density at radius 1 is 1.26 bits per heavy atom. The predicted molar refractivity (Wildman–Crippen MR) is 158 cm³/mol. The molecule has 3 N–H and O–H groups in total. The number of halogens is 1. The molecule has 2 aromatic carbocycles. The quantitative estimate of drug-likeness (QED) is 0.295. The lowest BCUT2D eigenvalue weighted by Gasteiger charge is -2.30. The summed E-state index contributed by atoms with van der Waals surface area (Å²) in [6.07, 6.45) is 2.55. The average Bonchev–Trinajstić information content (AvgIpc) is 3.66. The van der Waals surface area contributed by atoms with Crippen molar-refractivity contribution >= 4 is 33.9 Å². The van der Waals surface area contributed by atoms with E-state index in [0.29, 0.717) is 24.4 Å². The van der Waals surface area contributed by atoms with Crippen molar-refractivity contribution in [3.63, 3.8) is 0 Å². The van der Waals surface area contributed by atoms with Gasteiger partial charge in [0.05, 0.1) is 41.4 Å². The van der Waals surface area contributed by atoms with E-state index in [9.17, 15) is 14.0 Å². The molecule has 222 valence electrons. The van der Waals surface area contributed by atoms with Crippen molar-refractivity contribution in [3.05, 3.63) is 47.5 Å². The van der Waals surface area contributed by atoms with Crippen LogP contribution in [0.2, 0.25) is 0 Å². The molecule has 10 nitrogen and oxygen atoms in total. The summed E-state index contributed by atoms with van der Waals surface area (Å²) >= 11 is 0. The maximum atomic E-state index is 13.3. The average molecular weight is 577 g/mol. The Bertz CT molecular complexity index is 1660. The highest BCUT2D eigenvalue weighted by Crippen LogP contribution is 2.39. The second kappa shape index (κ2) is 11.3. The minimum Gasteiger partial charge on any atom is -0.489 e. The zero-order valence-electron chi connectivity index (χ0n) is 24.2. The number of methoxy groups -OCH3 is 1. The Morgan fingerprint density at radius 2 is 2.07 bits per heavy atom. The van der Waals surface area contributed by atoms with Crippen LogP contribution in [-0.4, -0.2) is 76.6 Å². The van der Waals surface area contributed by atoms with E-state index in [1.807, 2.05) is 32.2 Å². The van der Waals surface area contributed by atoms with Gasteiger partial charge in [0.25, 0.3) is 5.91 Å². The largest absolute Gasteiger partial charge is 0.489 e. The van der Waals surface area contributed by atoms with Gasteiger partial charge in [0.1, 0.15) is 19.0 Å². The number of aryl methyl sites for hydroxylation is 1. The molecule has 1 aliphatic carbocycles. The van der Waals surface area contributed by atoms with Gasteiger partial charge < -0.3 is 34.6 Å². The number of imidazole rings is 1. The van der Waals surface area contributed by atoms with Gasteiger partial charge >= 0.3 is 6.09 Å². The number of amides is 2. The summed E-state index contributed by atoms with van der Waals surface area (Å²) in [6, 6.07) is 11.1. The van der Waals surface area contributed by atoms with Gasteiger partial charge in [-0.05, 0) is 61.9 Å². The molecule has 1 aliphatic heterocycles. The third-order valence-corrected chi connectivity index (χ3v) is 8.22. The molecule has 2 aliphatic rings. The van der Waals surface area contributed by atoms with Crippen LogP contribution < -0.4 is 15.8 Å². The Balaban J connectivity index is 1.38. The van der Waals surface area contributed by atoms with Gasteiger partial charge in [0.2, 0.25) is 0 Å². The monoisotopic (exact) mass is 576 g/mol. The van der Waals surface area contributed by atoms with Crippen LogP contribution in [0.5, 0.6) is 5.75 Å². The molecule has 4 aromatic rings. The third-order valence-electron chi connectivity index (χ3n) is 8.22. The van der Waals surface area contributed by atoms with Crippen molar-refractivity contribution in [2.45, 2.75) is 44.8 Å². The smallest absolute Gasteiger partial charge is 0.407 e. The third kappa shape index (κ3) is 5.29. The maximum absolute atomic E-state index is 13.3. The fourth-order valence-electron chi connectivity index (χ4n) is 5.81. The number of hydrogen-bond donors (Lipinski definition) is 2. The first kappa shape index (κ1) is 28.0. The van der Waals surface area contributed by atoms with Crippen molar-refractivity contribution < 1.29 is 23.5 Å². The summed E-state index contributed by atoms with van der Waals surface area (Å²) in [4.78, 5) is 31.6. The van der Waals surface area contributed by atoms with E-state index in [2.05, 4.69) is 32.7 Å². The predicted octanol–water partition coefficient (Wildman–Crippen LogP) is 4.02. The van der Waals surface area contributed by atoms with Gasteiger partial charge in [0, 0.05) is 37.6 Å². The van der Waals surface area contributed by atoms with Crippen LogP contribution in [0.3, 0.4) is 0 Å². The summed E-state index contributed by atoms with van der Waals surface area (Å²) in [5.74, 6) is 2.01. The van der Waals surface area contributed by atoms with Crippen molar-refractivity contribution in [2.24, 2.45) is 18.7 Å². The first-order valence-electron chi connectivity index (χ1n) is 14.5. The number of ether oxygens (including phenoxy) is 2. The zero-order chi connectivity index (χ0) is 29.5. The molecule has 0 unspecified atom stereocenters. The second-order valence-corrected chi connectivity index (χ2v) is 11.5. The molecule has 1 saturated carbocycles. The molecule has 2 atom stereocenters. The van der Waals surface area contributed by atoms with Crippen molar-refractivity contribution in [1.29, 1.82) is 0 Å². The number of carbonyl (C=O) groups is 2. The van der Waals surface area contributed by atoms with E-state index < -0.39 is 18.8 Å². The minimum atomic E-state index is -0.685. The Labute approximate surface area is 243 Å². The number of alkyl halides is 1. The number of aromatic nitrogens is 3. The molecule has 42 heavy (non-hydrogen) atoms. The highest BCUT2D eigenvalue weighted by molar-refractivity contribution is 6.01. The molecule has 1 fully saturated rings. The number of para-hydroxylation sites is 1. The van der Waals surface area contributed by atoms with E-state index in [1.54, 1.807) is 4.90 Å². The minimum absolute atomic E-state index is 0.130. The molecule has 0 spiro atoms. The molecule has 2 amide bonds. The van der Waals surface area contributed by atoms with Crippen LogP contribution in [-0.2, 0) is 24.8 Å². The number of nitrogens with two attached hydrogens (primary N) is 1. The summed E-state index contributed by atoms with van der Waals surface area (Å²) in [7, 11) is 3.34. The van der Waals surface area contributed by atoms with Crippen molar-refractivity contribution in [2.75, 3.05) is 33.5 Å². The molecular weight excluding hydrogens is 539 g/mol. The van der Waals surface area contributed by atoms with Gasteiger partial charge in [-0.3, -0.25) is 4.79 Å².